The zero-order valence-corrected chi connectivity index (χ0v) is 15.8. The Hall–Kier alpha value is -2.31. The van der Waals surface area contributed by atoms with Crippen molar-refractivity contribution >= 4 is 29.6 Å². The molecule has 0 saturated carbocycles. The highest BCUT2D eigenvalue weighted by Crippen LogP contribution is 2.39. The number of pyridine rings is 1. The van der Waals surface area contributed by atoms with Crippen LogP contribution in [0.1, 0.15) is 25.5 Å². The molecule has 4 nitrogen and oxygen atoms in total. The van der Waals surface area contributed by atoms with Crippen LogP contribution in [0, 0.1) is 0 Å². The summed E-state index contributed by atoms with van der Waals surface area (Å²) in [5.74, 6) is 0.0975. The molecule has 1 aromatic carbocycles. The number of hydrogen-bond acceptors (Lipinski definition) is 3. The van der Waals surface area contributed by atoms with E-state index in [0.29, 0.717) is 5.02 Å². The summed E-state index contributed by atoms with van der Waals surface area (Å²) >= 11 is 6.14. The summed E-state index contributed by atoms with van der Waals surface area (Å²) in [6, 6.07) is 11.4. The Morgan fingerprint density at radius 1 is 1.08 bits per heavy atom. The number of imidazole rings is 1. The molecule has 132 valence electrons. The van der Waals surface area contributed by atoms with Gasteiger partial charge >= 0.3 is 0 Å². The summed E-state index contributed by atoms with van der Waals surface area (Å²) in [6.45, 7) is 4.07. The van der Waals surface area contributed by atoms with Gasteiger partial charge in [0.05, 0.1) is 5.69 Å². The monoisotopic (exact) mass is 386 g/mol. The summed E-state index contributed by atoms with van der Waals surface area (Å²) in [4.78, 5) is 4.29. The second kappa shape index (κ2) is 6.78. The van der Waals surface area contributed by atoms with Crippen molar-refractivity contribution in [3.63, 3.8) is 0 Å². The van der Waals surface area contributed by atoms with E-state index < -0.39 is 0 Å². The number of fused-ring (bicyclic) bond motifs is 1. The lowest BCUT2D eigenvalue weighted by molar-refractivity contribution is 0.769. The van der Waals surface area contributed by atoms with Gasteiger partial charge in [0.1, 0.15) is 11.3 Å². The van der Waals surface area contributed by atoms with E-state index in [0.717, 1.165) is 33.7 Å². The van der Waals surface area contributed by atoms with E-state index in [1.165, 1.54) is 4.09 Å². The maximum Gasteiger partial charge on any atom is 0.187 e. The minimum absolute atomic E-state index is 0.0975. The Balaban J connectivity index is 2.00. The molecule has 0 N–H and O–H groups in total. The molecule has 0 fully saturated rings. The Kier molecular flexibility index (Phi) is 4.46. The van der Waals surface area contributed by atoms with Crippen LogP contribution in [0.15, 0.2) is 55.0 Å². The zero-order valence-electron chi connectivity index (χ0n) is 14.2. The van der Waals surface area contributed by atoms with Crippen LogP contribution >= 0.6 is 23.9 Å². The fourth-order valence-electron chi connectivity index (χ4n) is 3.14. The van der Waals surface area contributed by atoms with Crippen molar-refractivity contribution in [3.8, 4) is 22.4 Å². The van der Waals surface area contributed by atoms with Gasteiger partial charge in [-0.1, -0.05) is 37.6 Å². The lowest BCUT2D eigenvalue weighted by Gasteiger charge is -2.11. The van der Waals surface area contributed by atoms with Crippen LogP contribution in [0.3, 0.4) is 0 Å². The largest absolute Gasteiger partial charge is 0.306 e. The molecule has 0 bridgehead atoms. The maximum atomic E-state index is 13.6. The van der Waals surface area contributed by atoms with Gasteiger partial charge in [-0.3, -0.25) is 0 Å². The number of halogens is 2. The molecule has 0 aliphatic rings. The molecule has 0 unspecified atom stereocenters. The van der Waals surface area contributed by atoms with Crippen molar-refractivity contribution in [1.82, 2.24) is 18.6 Å². The summed E-state index contributed by atoms with van der Waals surface area (Å²) in [6.07, 6.45) is 5.64. The second-order valence-electron chi connectivity index (χ2n) is 6.32. The highest BCUT2D eigenvalue weighted by atomic mass is 35.5. The predicted octanol–water partition coefficient (Wildman–Crippen LogP) is 6.02. The molecular formula is C19H16ClFN4S. The lowest BCUT2D eigenvalue weighted by Crippen LogP contribution is -1.99. The van der Waals surface area contributed by atoms with Crippen LogP contribution in [0.4, 0.5) is 3.89 Å². The molecule has 4 aromatic rings. The predicted molar refractivity (Wildman–Crippen MR) is 105 cm³/mol. The molecule has 0 saturated heterocycles. The Morgan fingerprint density at radius 2 is 1.81 bits per heavy atom. The van der Waals surface area contributed by atoms with Crippen LogP contribution in [0.5, 0.6) is 0 Å². The van der Waals surface area contributed by atoms with Crippen molar-refractivity contribution in [2.45, 2.75) is 19.8 Å². The van der Waals surface area contributed by atoms with E-state index in [9.17, 15) is 3.89 Å². The first-order valence-electron chi connectivity index (χ1n) is 8.19. The minimum atomic E-state index is 0.0975. The Labute approximate surface area is 160 Å². The third-order valence-electron chi connectivity index (χ3n) is 4.30. The van der Waals surface area contributed by atoms with Gasteiger partial charge in [0.2, 0.25) is 0 Å². The highest BCUT2D eigenvalue weighted by Gasteiger charge is 2.24. The first-order chi connectivity index (χ1) is 12.6. The van der Waals surface area contributed by atoms with Crippen molar-refractivity contribution in [3.05, 3.63) is 65.7 Å². The number of hydrogen-bond donors (Lipinski definition) is 0. The number of benzene rings is 1. The van der Waals surface area contributed by atoms with Gasteiger partial charge in [0, 0.05) is 40.3 Å². The molecule has 0 radical (unpaired) electrons. The van der Waals surface area contributed by atoms with Crippen LogP contribution in [0.25, 0.3) is 28.0 Å². The van der Waals surface area contributed by atoms with Crippen LogP contribution < -0.4 is 0 Å². The van der Waals surface area contributed by atoms with Crippen LogP contribution in [-0.4, -0.2) is 18.6 Å². The normalized spacial score (nSPS) is 11.6. The van der Waals surface area contributed by atoms with Gasteiger partial charge in [0.25, 0.3) is 0 Å². The Bertz CT molecular complexity index is 1070. The van der Waals surface area contributed by atoms with Gasteiger partial charge in [-0.15, -0.1) is 3.89 Å². The molecule has 0 atom stereocenters. The van der Waals surface area contributed by atoms with Gasteiger partial charge in [-0.2, -0.15) is 9.19 Å². The SMILES string of the molecule is CC(C)c1c(-c2ccc3nccn3c2)c(-c2ccc(Cl)cc2)nn1SF. The van der Waals surface area contributed by atoms with E-state index in [-0.39, 0.29) is 18.3 Å². The summed E-state index contributed by atoms with van der Waals surface area (Å²) in [5.41, 5.74) is 5.20. The van der Waals surface area contributed by atoms with E-state index in [1.807, 2.05) is 67.0 Å². The first-order valence-corrected chi connectivity index (χ1v) is 9.24. The molecule has 0 spiro atoms. The summed E-state index contributed by atoms with van der Waals surface area (Å²) in [7, 11) is 0. The second-order valence-corrected chi connectivity index (χ2v) is 7.24. The zero-order chi connectivity index (χ0) is 18.3. The van der Waals surface area contributed by atoms with Gasteiger partial charge in [-0.25, -0.2) is 4.98 Å². The average Bonchev–Trinajstić information content (AvgIpc) is 3.25. The molecule has 7 heteroatoms. The molecule has 26 heavy (non-hydrogen) atoms. The third-order valence-corrected chi connectivity index (χ3v) is 4.96. The Morgan fingerprint density at radius 3 is 2.50 bits per heavy atom. The smallest absolute Gasteiger partial charge is 0.187 e. The fraction of sp³-hybridized carbons (Fsp3) is 0.158. The molecular weight excluding hydrogens is 371 g/mol. The van der Waals surface area contributed by atoms with E-state index in [1.54, 1.807) is 6.20 Å². The minimum Gasteiger partial charge on any atom is -0.306 e. The van der Waals surface area contributed by atoms with E-state index >= 15 is 0 Å². The van der Waals surface area contributed by atoms with Gasteiger partial charge in [0.15, 0.2) is 12.3 Å². The summed E-state index contributed by atoms with van der Waals surface area (Å²) < 4.78 is 16.9. The third kappa shape index (κ3) is 2.89. The van der Waals surface area contributed by atoms with Crippen molar-refractivity contribution < 1.29 is 3.89 Å². The quantitative estimate of drug-likeness (QED) is 0.430. The maximum absolute atomic E-state index is 13.6. The highest BCUT2D eigenvalue weighted by molar-refractivity contribution is 7.92. The van der Waals surface area contributed by atoms with Crippen molar-refractivity contribution in [1.29, 1.82) is 0 Å². The molecule has 0 amide bonds. The molecule has 0 aliphatic heterocycles. The fourth-order valence-corrected chi connectivity index (χ4v) is 3.75. The molecule has 0 aliphatic carbocycles. The van der Waals surface area contributed by atoms with Gasteiger partial charge < -0.3 is 4.40 Å². The average molecular weight is 387 g/mol. The number of nitrogens with zero attached hydrogens (tertiary/aromatic N) is 4. The van der Waals surface area contributed by atoms with Crippen LogP contribution in [-0.2, 0) is 0 Å². The van der Waals surface area contributed by atoms with Crippen LogP contribution in [0.2, 0.25) is 5.02 Å². The van der Waals surface area contributed by atoms with E-state index in [4.69, 9.17) is 11.6 Å². The number of rotatable bonds is 4. The molecule has 3 heterocycles. The standard InChI is InChI=1S/C19H16ClFN4S/c1-12(2)19-17(14-5-8-16-22-9-10-24(16)11-14)18(23-25(19)26-21)13-3-6-15(20)7-4-13/h3-12H,1-2H3. The molecule has 3 aromatic heterocycles. The molecule has 4 rings (SSSR count). The van der Waals surface area contributed by atoms with E-state index in [2.05, 4.69) is 10.1 Å². The lowest BCUT2D eigenvalue weighted by atomic mass is 9.95. The van der Waals surface area contributed by atoms with Crippen molar-refractivity contribution in [2.24, 2.45) is 0 Å². The van der Waals surface area contributed by atoms with Gasteiger partial charge in [-0.05, 0) is 30.2 Å². The topological polar surface area (TPSA) is 35.1 Å². The van der Waals surface area contributed by atoms with Crippen molar-refractivity contribution in [2.75, 3.05) is 0 Å². The first kappa shape index (κ1) is 17.1. The number of aromatic nitrogens is 4. The summed E-state index contributed by atoms with van der Waals surface area (Å²) in [5, 5.41) is 5.18.